The Hall–Kier alpha value is -2.00. The van der Waals surface area contributed by atoms with E-state index in [9.17, 15) is 4.79 Å². The molecule has 0 spiro atoms. The van der Waals surface area contributed by atoms with Crippen molar-refractivity contribution in [1.82, 2.24) is 5.32 Å². The number of carbonyl (C=O) groups is 1. The van der Waals surface area contributed by atoms with Gasteiger partial charge in [0, 0.05) is 5.02 Å². The zero-order valence-corrected chi connectivity index (χ0v) is 13.8. The summed E-state index contributed by atoms with van der Waals surface area (Å²) in [7, 11) is 1.65. The van der Waals surface area contributed by atoms with Crippen molar-refractivity contribution in [2.75, 3.05) is 7.11 Å². The molecule has 1 amide bonds. The van der Waals surface area contributed by atoms with Crippen LogP contribution in [0.2, 0.25) is 5.02 Å². The van der Waals surface area contributed by atoms with Crippen LogP contribution in [0.25, 0.3) is 0 Å². The number of halogens is 1. The SMILES string of the molecule is COc1ccc(C(NC(=O)Cc2ccc(Cl)cc2)C2CC2)cc1. The van der Waals surface area contributed by atoms with Gasteiger partial charge in [-0.25, -0.2) is 0 Å². The first-order chi connectivity index (χ1) is 11.2. The number of methoxy groups -OCH3 is 1. The molecule has 1 aliphatic rings. The second-order valence-corrected chi connectivity index (χ2v) is 6.40. The maximum Gasteiger partial charge on any atom is 0.224 e. The smallest absolute Gasteiger partial charge is 0.224 e. The standard InChI is InChI=1S/C19H20ClNO2/c1-23-17-10-6-15(7-11-17)19(14-4-5-14)21-18(22)12-13-2-8-16(20)9-3-13/h2-3,6-11,14,19H,4-5,12H2,1H3,(H,21,22). The Kier molecular flexibility index (Phi) is 4.87. The number of hydrogen-bond acceptors (Lipinski definition) is 2. The van der Waals surface area contributed by atoms with Crippen LogP contribution in [0.3, 0.4) is 0 Å². The summed E-state index contributed by atoms with van der Waals surface area (Å²) in [6, 6.07) is 15.4. The van der Waals surface area contributed by atoms with Gasteiger partial charge in [0.25, 0.3) is 0 Å². The van der Waals surface area contributed by atoms with Crippen LogP contribution in [-0.2, 0) is 11.2 Å². The number of nitrogens with one attached hydrogen (secondary N) is 1. The lowest BCUT2D eigenvalue weighted by Gasteiger charge is -2.19. The van der Waals surface area contributed by atoms with Gasteiger partial charge in [-0.1, -0.05) is 35.9 Å². The highest BCUT2D eigenvalue weighted by Crippen LogP contribution is 2.41. The van der Waals surface area contributed by atoms with E-state index >= 15 is 0 Å². The third-order valence-corrected chi connectivity index (χ3v) is 4.41. The average Bonchev–Trinajstić information content (AvgIpc) is 3.40. The van der Waals surface area contributed by atoms with E-state index in [0.29, 0.717) is 17.4 Å². The van der Waals surface area contributed by atoms with Crippen LogP contribution < -0.4 is 10.1 Å². The average molecular weight is 330 g/mol. The summed E-state index contributed by atoms with van der Waals surface area (Å²) in [4.78, 5) is 12.4. The molecule has 0 heterocycles. The molecule has 3 nitrogen and oxygen atoms in total. The van der Waals surface area contributed by atoms with Gasteiger partial charge in [-0.3, -0.25) is 4.79 Å². The molecule has 120 valence electrons. The number of carbonyl (C=O) groups excluding carboxylic acids is 1. The van der Waals surface area contributed by atoms with Crippen molar-refractivity contribution < 1.29 is 9.53 Å². The number of amides is 1. The maximum atomic E-state index is 12.4. The molecule has 1 aliphatic carbocycles. The minimum absolute atomic E-state index is 0.0417. The highest BCUT2D eigenvalue weighted by atomic mass is 35.5. The predicted octanol–water partition coefficient (Wildman–Crippen LogP) is 4.16. The molecule has 0 radical (unpaired) electrons. The van der Waals surface area contributed by atoms with Gasteiger partial charge in [0.05, 0.1) is 19.6 Å². The Labute approximate surface area is 141 Å². The first-order valence-electron chi connectivity index (χ1n) is 7.83. The normalized spacial score (nSPS) is 15.0. The molecule has 0 aromatic heterocycles. The van der Waals surface area contributed by atoms with Crippen molar-refractivity contribution in [2.24, 2.45) is 5.92 Å². The quantitative estimate of drug-likeness (QED) is 0.864. The zero-order valence-electron chi connectivity index (χ0n) is 13.1. The van der Waals surface area contributed by atoms with Crippen LogP contribution in [0, 0.1) is 5.92 Å². The van der Waals surface area contributed by atoms with E-state index in [1.54, 1.807) is 7.11 Å². The summed E-state index contributed by atoms with van der Waals surface area (Å²) >= 11 is 5.88. The monoisotopic (exact) mass is 329 g/mol. The molecule has 1 N–H and O–H groups in total. The molecule has 3 rings (SSSR count). The number of ether oxygens (including phenoxy) is 1. The minimum atomic E-state index is 0.0417. The van der Waals surface area contributed by atoms with Crippen molar-refractivity contribution >= 4 is 17.5 Å². The molecular formula is C19H20ClNO2. The topological polar surface area (TPSA) is 38.3 Å². The highest BCUT2D eigenvalue weighted by Gasteiger charge is 2.33. The fraction of sp³-hybridized carbons (Fsp3) is 0.316. The van der Waals surface area contributed by atoms with Gasteiger partial charge < -0.3 is 10.1 Å². The van der Waals surface area contributed by atoms with E-state index < -0.39 is 0 Å². The molecule has 2 aromatic rings. The summed E-state index contributed by atoms with van der Waals surface area (Å²) in [5.41, 5.74) is 2.11. The lowest BCUT2D eigenvalue weighted by molar-refractivity contribution is -0.121. The van der Waals surface area contributed by atoms with E-state index in [-0.39, 0.29) is 11.9 Å². The molecule has 1 unspecified atom stereocenters. The third-order valence-electron chi connectivity index (χ3n) is 4.16. The molecule has 0 bridgehead atoms. The Balaban J connectivity index is 1.66. The molecule has 4 heteroatoms. The molecular weight excluding hydrogens is 310 g/mol. The Morgan fingerprint density at radius 1 is 1.17 bits per heavy atom. The predicted molar refractivity (Wildman–Crippen MR) is 91.8 cm³/mol. The Morgan fingerprint density at radius 2 is 1.83 bits per heavy atom. The minimum Gasteiger partial charge on any atom is -0.497 e. The number of rotatable bonds is 6. The summed E-state index contributed by atoms with van der Waals surface area (Å²) in [5.74, 6) is 1.41. The summed E-state index contributed by atoms with van der Waals surface area (Å²) in [5, 5.41) is 3.87. The second kappa shape index (κ2) is 7.05. The summed E-state index contributed by atoms with van der Waals surface area (Å²) in [6.07, 6.45) is 2.70. The number of hydrogen-bond donors (Lipinski definition) is 1. The fourth-order valence-corrected chi connectivity index (χ4v) is 2.85. The maximum absolute atomic E-state index is 12.4. The van der Waals surface area contributed by atoms with E-state index in [1.165, 1.54) is 0 Å². The van der Waals surface area contributed by atoms with Gasteiger partial charge in [0.2, 0.25) is 5.91 Å². The molecule has 2 aromatic carbocycles. The van der Waals surface area contributed by atoms with Crippen molar-refractivity contribution in [1.29, 1.82) is 0 Å². The van der Waals surface area contributed by atoms with Crippen LogP contribution >= 0.6 is 11.6 Å². The van der Waals surface area contributed by atoms with Crippen LogP contribution in [0.4, 0.5) is 0 Å². The lowest BCUT2D eigenvalue weighted by Crippen LogP contribution is -2.31. The van der Waals surface area contributed by atoms with Crippen molar-refractivity contribution in [3.8, 4) is 5.75 Å². The van der Waals surface area contributed by atoms with Crippen LogP contribution in [0.1, 0.15) is 30.0 Å². The van der Waals surface area contributed by atoms with Crippen molar-refractivity contribution in [3.05, 3.63) is 64.7 Å². The van der Waals surface area contributed by atoms with Gasteiger partial charge >= 0.3 is 0 Å². The van der Waals surface area contributed by atoms with Gasteiger partial charge in [-0.2, -0.15) is 0 Å². The fourth-order valence-electron chi connectivity index (χ4n) is 2.73. The van der Waals surface area contributed by atoms with Crippen molar-refractivity contribution in [2.45, 2.75) is 25.3 Å². The molecule has 1 atom stereocenters. The van der Waals surface area contributed by atoms with Gasteiger partial charge in [0.1, 0.15) is 5.75 Å². The largest absolute Gasteiger partial charge is 0.497 e. The zero-order chi connectivity index (χ0) is 16.2. The molecule has 1 fully saturated rings. The lowest BCUT2D eigenvalue weighted by atomic mass is 10.0. The second-order valence-electron chi connectivity index (χ2n) is 5.96. The van der Waals surface area contributed by atoms with Crippen molar-refractivity contribution in [3.63, 3.8) is 0 Å². The summed E-state index contributed by atoms with van der Waals surface area (Å²) < 4.78 is 5.20. The molecule has 1 saturated carbocycles. The Bertz CT molecular complexity index is 663. The van der Waals surface area contributed by atoms with Crippen LogP contribution in [-0.4, -0.2) is 13.0 Å². The van der Waals surface area contributed by atoms with E-state index in [1.807, 2.05) is 48.5 Å². The molecule has 0 saturated heterocycles. The first kappa shape index (κ1) is 15.9. The van der Waals surface area contributed by atoms with Gasteiger partial charge in [-0.15, -0.1) is 0 Å². The number of benzene rings is 2. The van der Waals surface area contributed by atoms with Gasteiger partial charge in [0.15, 0.2) is 0 Å². The van der Waals surface area contributed by atoms with E-state index in [2.05, 4.69) is 5.32 Å². The summed E-state index contributed by atoms with van der Waals surface area (Å²) in [6.45, 7) is 0. The van der Waals surface area contributed by atoms with Gasteiger partial charge in [-0.05, 0) is 54.2 Å². The molecule has 23 heavy (non-hydrogen) atoms. The first-order valence-corrected chi connectivity index (χ1v) is 8.21. The third kappa shape index (κ3) is 4.26. The Morgan fingerprint density at radius 3 is 2.39 bits per heavy atom. The molecule has 0 aliphatic heterocycles. The van der Waals surface area contributed by atoms with E-state index in [4.69, 9.17) is 16.3 Å². The van der Waals surface area contributed by atoms with E-state index in [0.717, 1.165) is 29.7 Å². The van der Waals surface area contributed by atoms with Crippen LogP contribution in [0.15, 0.2) is 48.5 Å². The highest BCUT2D eigenvalue weighted by molar-refractivity contribution is 6.30. The van der Waals surface area contributed by atoms with Crippen LogP contribution in [0.5, 0.6) is 5.75 Å².